The van der Waals surface area contributed by atoms with Gasteiger partial charge in [0.05, 0.1) is 5.56 Å². The molecule has 1 aromatic heterocycles. The number of anilines is 2. The average Bonchev–Trinajstić information content (AvgIpc) is 3.21. The van der Waals surface area contributed by atoms with E-state index in [9.17, 15) is 4.79 Å². The summed E-state index contributed by atoms with van der Waals surface area (Å²) in [7, 11) is 0. The Labute approximate surface area is 142 Å². The van der Waals surface area contributed by atoms with Gasteiger partial charge in [0, 0.05) is 30.2 Å². The van der Waals surface area contributed by atoms with Crippen LogP contribution < -0.4 is 10.2 Å². The third kappa shape index (κ3) is 2.75. The van der Waals surface area contributed by atoms with Crippen LogP contribution in [0.2, 0.25) is 0 Å². The van der Waals surface area contributed by atoms with Crippen molar-refractivity contribution in [3.8, 4) is 0 Å². The Balaban J connectivity index is 1.52. The van der Waals surface area contributed by atoms with E-state index in [0.29, 0.717) is 23.6 Å². The van der Waals surface area contributed by atoms with Crippen molar-refractivity contribution in [3.63, 3.8) is 0 Å². The Morgan fingerprint density at radius 2 is 1.88 bits per heavy atom. The van der Waals surface area contributed by atoms with Crippen molar-refractivity contribution in [1.29, 1.82) is 0 Å². The second-order valence-electron chi connectivity index (χ2n) is 6.78. The van der Waals surface area contributed by atoms with Crippen LogP contribution in [0.4, 0.5) is 11.6 Å². The molecule has 2 aliphatic rings. The van der Waals surface area contributed by atoms with Gasteiger partial charge in [-0.05, 0) is 37.8 Å². The van der Waals surface area contributed by atoms with E-state index >= 15 is 0 Å². The van der Waals surface area contributed by atoms with Gasteiger partial charge >= 0.3 is 0 Å². The summed E-state index contributed by atoms with van der Waals surface area (Å²) in [6.07, 6.45) is 8.82. The van der Waals surface area contributed by atoms with Crippen LogP contribution in [-0.4, -0.2) is 28.0 Å². The molecule has 1 aliphatic heterocycles. The molecule has 4 rings (SSSR count). The van der Waals surface area contributed by atoms with Crippen molar-refractivity contribution >= 4 is 17.5 Å². The second-order valence-corrected chi connectivity index (χ2v) is 6.78. The van der Waals surface area contributed by atoms with E-state index in [1.54, 1.807) is 12.4 Å². The lowest BCUT2D eigenvalue weighted by Crippen LogP contribution is -2.33. The highest BCUT2D eigenvalue weighted by Crippen LogP contribution is 2.36. The molecular formula is C19H22N4O. The largest absolute Gasteiger partial charge is 0.349 e. The van der Waals surface area contributed by atoms with Gasteiger partial charge in [0.15, 0.2) is 0 Å². The molecule has 2 heterocycles. The third-order valence-electron chi connectivity index (χ3n) is 5.01. The normalized spacial score (nSPS) is 20.2. The highest BCUT2D eigenvalue weighted by Gasteiger charge is 2.28. The fourth-order valence-electron chi connectivity index (χ4n) is 3.77. The number of aromatic nitrogens is 2. The van der Waals surface area contributed by atoms with Gasteiger partial charge in [0.25, 0.3) is 5.91 Å². The van der Waals surface area contributed by atoms with Gasteiger partial charge in [0.2, 0.25) is 5.95 Å². The standard InChI is InChI=1S/C19H22N4O/c1-13-10-14-6-2-5-9-17(14)23(13)19-20-11-15(12-21-19)18(24)22-16-7-3-4-8-16/h2,5-6,9,11-13,16H,3-4,7-8,10H2,1H3,(H,22,24). The van der Waals surface area contributed by atoms with E-state index in [-0.39, 0.29) is 5.91 Å². The minimum Gasteiger partial charge on any atom is -0.349 e. The third-order valence-corrected chi connectivity index (χ3v) is 5.01. The number of para-hydroxylation sites is 1. The fraction of sp³-hybridized carbons (Fsp3) is 0.421. The summed E-state index contributed by atoms with van der Waals surface area (Å²) in [5, 5.41) is 3.08. The molecular weight excluding hydrogens is 300 g/mol. The summed E-state index contributed by atoms with van der Waals surface area (Å²) >= 11 is 0. The Morgan fingerprint density at radius 1 is 1.17 bits per heavy atom. The van der Waals surface area contributed by atoms with Gasteiger partial charge in [-0.25, -0.2) is 9.97 Å². The van der Waals surface area contributed by atoms with Crippen LogP contribution >= 0.6 is 0 Å². The SMILES string of the molecule is CC1Cc2ccccc2N1c1ncc(C(=O)NC2CCCC2)cn1. The van der Waals surface area contributed by atoms with Crippen molar-refractivity contribution in [2.24, 2.45) is 0 Å². The highest BCUT2D eigenvalue weighted by atomic mass is 16.1. The molecule has 1 unspecified atom stereocenters. The number of fused-ring (bicyclic) bond motifs is 1. The van der Waals surface area contributed by atoms with E-state index in [2.05, 4.69) is 45.3 Å². The Morgan fingerprint density at radius 3 is 2.62 bits per heavy atom. The molecule has 1 aliphatic carbocycles. The maximum atomic E-state index is 12.3. The van der Waals surface area contributed by atoms with Crippen molar-refractivity contribution in [2.75, 3.05) is 4.90 Å². The number of carbonyl (C=O) groups excluding carboxylic acids is 1. The lowest BCUT2D eigenvalue weighted by molar-refractivity contribution is 0.0937. The van der Waals surface area contributed by atoms with Crippen LogP contribution in [0.3, 0.4) is 0 Å². The lowest BCUT2D eigenvalue weighted by Gasteiger charge is -2.22. The van der Waals surface area contributed by atoms with Crippen LogP contribution in [0.25, 0.3) is 0 Å². The molecule has 0 bridgehead atoms. The van der Waals surface area contributed by atoms with E-state index in [1.165, 1.54) is 18.4 Å². The van der Waals surface area contributed by atoms with Crippen LogP contribution in [0.15, 0.2) is 36.7 Å². The van der Waals surface area contributed by atoms with Crippen LogP contribution in [0.5, 0.6) is 0 Å². The van der Waals surface area contributed by atoms with Crippen molar-refractivity contribution in [2.45, 2.75) is 51.1 Å². The van der Waals surface area contributed by atoms with Crippen molar-refractivity contribution < 1.29 is 4.79 Å². The van der Waals surface area contributed by atoms with E-state index in [0.717, 1.165) is 24.9 Å². The van der Waals surface area contributed by atoms with Gasteiger partial charge in [-0.15, -0.1) is 0 Å². The molecule has 1 N–H and O–H groups in total. The molecule has 5 nitrogen and oxygen atoms in total. The molecule has 1 aromatic carbocycles. The van der Waals surface area contributed by atoms with Crippen LogP contribution in [0.1, 0.15) is 48.5 Å². The highest BCUT2D eigenvalue weighted by molar-refractivity contribution is 5.93. The molecule has 0 spiro atoms. The molecule has 24 heavy (non-hydrogen) atoms. The molecule has 124 valence electrons. The summed E-state index contributed by atoms with van der Waals surface area (Å²) in [4.78, 5) is 23.4. The first-order valence-corrected chi connectivity index (χ1v) is 8.72. The Kier molecular flexibility index (Phi) is 3.92. The topological polar surface area (TPSA) is 58.1 Å². The molecule has 2 aromatic rings. The summed E-state index contributed by atoms with van der Waals surface area (Å²) < 4.78 is 0. The molecule has 1 saturated carbocycles. The second kappa shape index (κ2) is 6.23. The van der Waals surface area contributed by atoms with Gasteiger partial charge in [0.1, 0.15) is 0 Å². The zero-order chi connectivity index (χ0) is 16.5. The van der Waals surface area contributed by atoms with Gasteiger partial charge in [-0.1, -0.05) is 31.0 Å². The van der Waals surface area contributed by atoms with Gasteiger partial charge in [-0.3, -0.25) is 4.79 Å². The van der Waals surface area contributed by atoms with Gasteiger partial charge in [-0.2, -0.15) is 0 Å². The van der Waals surface area contributed by atoms with Crippen LogP contribution in [0, 0.1) is 0 Å². The molecule has 0 saturated heterocycles. The van der Waals surface area contributed by atoms with Gasteiger partial charge < -0.3 is 10.2 Å². The fourth-order valence-corrected chi connectivity index (χ4v) is 3.77. The first-order chi connectivity index (χ1) is 11.7. The number of hydrogen-bond donors (Lipinski definition) is 1. The van der Waals surface area contributed by atoms with Crippen molar-refractivity contribution in [3.05, 3.63) is 47.8 Å². The Hall–Kier alpha value is -2.43. The summed E-state index contributed by atoms with van der Waals surface area (Å²) in [6, 6.07) is 8.97. The van der Waals surface area contributed by atoms with Crippen molar-refractivity contribution in [1.82, 2.24) is 15.3 Å². The van der Waals surface area contributed by atoms with Crippen LogP contribution in [-0.2, 0) is 6.42 Å². The molecule has 1 amide bonds. The van der Waals surface area contributed by atoms with E-state index < -0.39 is 0 Å². The van der Waals surface area contributed by atoms with E-state index in [4.69, 9.17) is 0 Å². The quantitative estimate of drug-likeness (QED) is 0.942. The number of rotatable bonds is 3. The summed E-state index contributed by atoms with van der Waals surface area (Å²) in [5.74, 6) is 0.591. The summed E-state index contributed by atoms with van der Waals surface area (Å²) in [6.45, 7) is 2.17. The number of carbonyl (C=O) groups is 1. The monoisotopic (exact) mass is 322 g/mol. The zero-order valence-corrected chi connectivity index (χ0v) is 13.9. The minimum absolute atomic E-state index is 0.0664. The van der Waals surface area contributed by atoms with E-state index in [1.807, 2.05) is 6.07 Å². The molecule has 0 radical (unpaired) electrons. The predicted octanol–water partition coefficient (Wildman–Crippen LogP) is 3.23. The molecule has 5 heteroatoms. The average molecular weight is 322 g/mol. The summed E-state index contributed by atoms with van der Waals surface area (Å²) in [5.41, 5.74) is 3.01. The number of benzene rings is 1. The minimum atomic E-state index is -0.0664. The maximum absolute atomic E-state index is 12.3. The first kappa shape index (κ1) is 15.1. The number of nitrogens with one attached hydrogen (secondary N) is 1. The Bertz CT molecular complexity index is 737. The zero-order valence-electron chi connectivity index (χ0n) is 13.9. The predicted molar refractivity (Wildman–Crippen MR) is 93.5 cm³/mol. The number of nitrogens with zero attached hydrogens (tertiary/aromatic N) is 3. The molecule has 1 fully saturated rings. The maximum Gasteiger partial charge on any atom is 0.254 e. The number of amides is 1. The molecule has 1 atom stereocenters. The number of hydrogen-bond acceptors (Lipinski definition) is 4. The smallest absolute Gasteiger partial charge is 0.254 e. The lowest BCUT2D eigenvalue weighted by atomic mass is 10.1. The first-order valence-electron chi connectivity index (χ1n) is 8.72.